The summed E-state index contributed by atoms with van der Waals surface area (Å²) in [4.78, 5) is 33.5. The van der Waals surface area contributed by atoms with E-state index in [1.54, 1.807) is 12.1 Å². The summed E-state index contributed by atoms with van der Waals surface area (Å²) in [7, 11) is 0. The van der Waals surface area contributed by atoms with Gasteiger partial charge in [-0.15, -0.1) is 0 Å². The predicted octanol–water partition coefficient (Wildman–Crippen LogP) is 2.09. The van der Waals surface area contributed by atoms with Crippen molar-refractivity contribution in [3.8, 4) is 11.5 Å². The second-order valence-electron chi connectivity index (χ2n) is 5.13. The molecule has 3 aromatic rings. The van der Waals surface area contributed by atoms with Gasteiger partial charge in [-0.25, -0.2) is 0 Å². The molecule has 9 nitrogen and oxygen atoms in total. The average molecular weight is 341 g/mol. The molecule has 0 spiro atoms. The number of nitrogens with one attached hydrogen (secondary N) is 2. The van der Waals surface area contributed by atoms with E-state index in [1.807, 2.05) is 0 Å². The Morgan fingerprint density at radius 2 is 1.40 bits per heavy atom. The molecule has 0 amide bonds. The summed E-state index contributed by atoms with van der Waals surface area (Å²) in [6.45, 7) is 0. The van der Waals surface area contributed by atoms with Crippen molar-refractivity contribution >= 4 is 28.4 Å². The van der Waals surface area contributed by atoms with Crippen LogP contribution in [0.2, 0.25) is 0 Å². The van der Waals surface area contributed by atoms with E-state index < -0.39 is 21.5 Å². The molecule has 0 unspecified atom stereocenters. The van der Waals surface area contributed by atoms with E-state index in [4.69, 9.17) is 0 Å². The number of nitro groups is 1. The van der Waals surface area contributed by atoms with Crippen molar-refractivity contribution in [1.82, 2.24) is 0 Å². The van der Waals surface area contributed by atoms with Crippen LogP contribution < -0.4 is 21.5 Å². The minimum atomic E-state index is -0.810. The normalized spacial score (nSPS) is 10.6. The van der Waals surface area contributed by atoms with E-state index in [0.717, 1.165) is 12.1 Å². The smallest absolute Gasteiger partial charge is 0.273 e. The van der Waals surface area contributed by atoms with E-state index in [1.165, 1.54) is 18.2 Å². The minimum Gasteiger partial charge on any atom is -0.506 e. The molecular formula is C16H11N3O6. The first kappa shape index (κ1) is 16.0. The molecule has 126 valence electrons. The highest BCUT2D eigenvalue weighted by Crippen LogP contribution is 2.33. The van der Waals surface area contributed by atoms with Gasteiger partial charge in [-0.05, 0) is 18.2 Å². The first-order chi connectivity index (χ1) is 11.9. The number of phenolic OH excluding ortho intramolecular Hbond substituents is 2. The SMILES string of the molecule is O=c1c(Nc2ccccc2O)c(Nc2ccc([N+](=O)[O-])cc2O)c1=O. The number of nitro benzene ring substituents is 1. The van der Waals surface area contributed by atoms with Crippen molar-refractivity contribution in [2.24, 2.45) is 0 Å². The van der Waals surface area contributed by atoms with Gasteiger partial charge in [-0.3, -0.25) is 19.7 Å². The van der Waals surface area contributed by atoms with Gasteiger partial charge >= 0.3 is 0 Å². The Bertz CT molecular complexity index is 1050. The third-order valence-corrected chi connectivity index (χ3v) is 3.53. The van der Waals surface area contributed by atoms with Crippen LogP contribution in [0.3, 0.4) is 0 Å². The number of hydrogen-bond donors (Lipinski definition) is 4. The molecule has 3 aromatic carbocycles. The predicted molar refractivity (Wildman–Crippen MR) is 90.8 cm³/mol. The molecule has 3 rings (SSSR count). The molecular weight excluding hydrogens is 330 g/mol. The Morgan fingerprint density at radius 1 is 0.840 bits per heavy atom. The minimum absolute atomic E-state index is 0.0260. The molecule has 0 saturated heterocycles. The molecule has 0 aliphatic carbocycles. The van der Waals surface area contributed by atoms with Crippen LogP contribution in [-0.2, 0) is 0 Å². The molecule has 0 radical (unpaired) electrons. The van der Waals surface area contributed by atoms with Crippen LogP contribution in [0.5, 0.6) is 11.5 Å². The van der Waals surface area contributed by atoms with Crippen LogP contribution in [0, 0.1) is 10.1 Å². The van der Waals surface area contributed by atoms with Crippen LogP contribution in [0.1, 0.15) is 0 Å². The average Bonchev–Trinajstić information content (AvgIpc) is 2.60. The van der Waals surface area contributed by atoms with Gasteiger partial charge in [0.05, 0.1) is 22.4 Å². The Morgan fingerprint density at radius 3 is 1.92 bits per heavy atom. The van der Waals surface area contributed by atoms with Crippen molar-refractivity contribution in [3.63, 3.8) is 0 Å². The highest BCUT2D eigenvalue weighted by atomic mass is 16.6. The third-order valence-electron chi connectivity index (χ3n) is 3.53. The number of para-hydroxylation sites is 2. The molecule has 0 bridgehead atoms. The lowest BCUT2D eigenvalue weighted by Gasteiger charge is -2.16. The number of hydrogen-bond acceptors (Lipinski definition) is 8. The van der Waals surface area contributed by atoms with E-state index in [-0.39, 0.29) is 34.2 Å². The molecule has 0 aliphatic heterocycles. The summed E-state index contributed by atoms with van der Waals surface area (Å²) >= 11 is 0. The molecule has 0 aliphatic rings. The lowest BCUT2D eigenvalue weighted by molar-refractivity contribution is -0.384. The zero-order valence-electron chi connectivity index (χ0n) is 12.5. The first-order valence-electron chi connectivity index (χ1n) is 7.01. The summed E-state index contributed by atoms with van der Waals surface area (Å²) in [5.74, 6) is -0.560. The van der Waals surface area contributed by atoms with Gasteiger partial charge in [-0.1, -0.05) is 12.1 Å². The van der Waals surface area contributed by atoms with E-state index in [9.17, 15) is 29.9 Å². The molecule has 0 atom stereocenters. The van der Waals surface area contributed by atoms with Crippen molar-refractivity contribution in [2.75, 3.05) is 10.6 Å². The van der Waals surface area contributed by atoms with Crippen molar-refractivity contribution < 1.29 is 15.1 Å². The number of benzene rings is 2. The maximum Gasteiger partial charge on any atom is 0.273 e. The van der Waals surface area contributed by atoms with Crippen molar-refractivity contribution in [2.45, 2.75) is 0 Å². The molecule has 0 aromatic heterocycles. The Labute approximate surface area is 139 Å². The van der Waals surface area contributed by atoms with Crippen molar-refractivity contribution in [1.29, 1.82) is 0 Å². The van der Waals surface area contributed by atoms with Crippen LogP contribution in [0.15, 0.2) is 52.1 Å². The largest absolute Gasteiger partial charge is 0.506 e. The zero-order chi connectivity index (χ0) is 18.1. The van der Waals surface area contributed by atoms with Crippen LogP contribution in [0.4, 0.5) is 28.4 Å². The van der Waals surface area contributed by atoms with Crippen molar-refractivity contribution in [3.05, 3.63) is 73.0 Å². The summed E-state index contributed by atoms with van der Waals surface area (Å²) in [5, 5.41) is 35.5. The molecule has 0 fully saturated rings. The van der Waals surface area contributed by atoms with Crippen LogP contribution in [-0.4, -0.2) is 15.1 Å². The van der Waals surface area contributed by atoms with Gasteiger partial charge in [-0.2, -0.15) is 0 Å². The van der Waals surface area contributed by atoms with Crippen LogP contribution in [0.25, 0.3) is 0 Å². The van der Waals surface area contributed by atoms with E-state index in [2.05, 4.69) is 10.6 Å². The third kappa shape index (κ3) is 2.85. The van der Waals surface area contributed by atoms with Gasteiger partial charge in [0.25, 0.3) is 16.5 Å². The maximum absolute atomic E-state index is 11.8. The lowest BCUT2D eigenvalue weighted by atomic mass is 10.1. The summed E-state index contributed by atoms with van der Waals surface area (Å²) in [6.07, 6.45) is 0. The quantitative estimate of drug-likeness (QED) is 0.239. The lowest BCUT2D eigenvalue weighted by Crippen LogP contribution is -2.35. The summed E-state index contributed by atoms with van der Waals surface area (Å²) in [5.41, 5.74) is -1.85. The Kier molecular flexibility index (Phi) is 3.82. The fraction of sp³-hybridized carbons (Fsp3) is 0. The number of nitrogens with zero attached hydrogens (tertiary/aromatic N) is 1. The second-order valence-corrected chi connectivity index (χ2v) is 5.13. The van der Waals surface area contributed by atoms with Gasteiger partial charge in [0.1, 0.15) is 22.9 Å². The standard InChI is InChI=1S/C16H11N3O6/c20-11-4-2-1-3-9(11)17-13-14(16(23)15(13)22)18-10-6-5-8(19(24)25)7-12(10)21/h1-7,17-18,20-21H. The zero-order valence-corrected chi connectivity index (χ0v) is 12.5. The molecule has 25 heavy (non-hydrogen) atoms. The van der Waals surface area contributed by atoms with Gasteiger partial charge in [0, 0.05) is 6.07 Å². The second kappa shape index (κ2) is 5.96. The van der Waals surface area contributed by atoms with E-state index in [0.29, 0.717) is 0 Å². The molecule has 0 saturated carbocycles. The molecule has 4 N–H and O–H groups in total. The monoisotopic (exact) mass is 341 g/mol. The topological polar surface area (TPSA) is 142 Å². The van der Waals surface area contributed by atoms with Crippen LogP contribution >= 0.6 is 0 Å². The number of anilines is 4. The van der Waals surface area contributed by atoms with Gasteiger partial charge < -0.3 is 20.8 Å². The van der Waals surface area contributed by atoms with Gasteiger partial charge in [0.2, 0.25) is 0 Å². The van der Waals surface area contributed by atoms with E-state index >= 15 is 0 Å². The molecule has 0 heterocycles. The Balaban J connectivity index is 1.91. The van der Waals surface area contributed by atoms with Gasteiger partial charge in [0.15, 0.2) is 0 Å². The highest BCUT2D eigenvalue weighted by Gasteiger charge is 2.23. The number of non-ortho nitro benzene ring substituents is 1. The number of rotatable bonds is 5. The fourth-order valence-electron chi connectivity index (χ4n) is 2.22. The number of phenols is 2. The molecule has 9 heteroatoms. The number of aromatic hydroxyl groups is 2. The maximum atomic E-state index is 11.8. The summed E-state index contributed by atoms with van der Waals surface area (Å²) < 4.78 is 0. The summed E-state index contributed by atoms with van der Waals surface area (Å²) in [6, 6.07) is 9.42. The highest BCUT2D eigenvalue weighted by molar-refractivity contribution is 5.84. The first-order valence-corrected chi connectivity index (χ1v) is 7.01. The Hall–Kier alpha value is -3.88. The fourth-order valence-corrected chi connectivity index (χ4v) is 2.22.